The van der Waals surface area contributed by atoms with Gasteiger partial charge in [0.05, 0.1) is 21.3 Å². The molecule has 31 heavy (non-hydrogen) atoms. The Morgan fingerprint density at radius 3 is 2.16 bits per heavy atom. The largest absolute Gasteiger partial charge is 0.323 e. The van der Waals surface area contributed by atoms with Gasteiger partial charge in [0.2, 0.25) is 5.13 Å². The summed E-state index contributed by atoms with van der Waals surface area (Å²) in [5.74, 6) is -0.777. The normalized spacial score (nSPS) is 12.9. The number of thiazole rings is 1. The van der Waals surface area contributed by atoms with Gasteiger partial charge >= 0.3 is 6.03 Å². The number of amides is 4. The second-order valence-corrected chi connectivity index (χ2v) is 8.20. The summed E-state index contributed by atoms with van der Waals surface area (Å²) in [6.45, 7) is 0. The predicted octanol–water partition coefficient (Wildman–Crippen LogP) is 5.39. The number of aromatic nitrogens is 1. The number of nitrogens with zero attached hydrogens (tertiary/aromatic N) is 2. The van der Waals surface area contributed by atoms with Crippen molar-refractivity contribution in [3.05, 3.63) is 82.9 Å². The van der Waals surface area contributed by atoms with E-state index in [1.165, 1.54) is 11.3 Å². The van der Waals surface area contributed by atoms with E-state index in [9.17, 15) is 14.4 Å². The van der Waals surface area contributed by atoms with E-state index in [1.807, 2.05) is 0 Å². The van der Waals surface area contributed by atoms with Crippen molar-refractivity contribution in [3.8, 4) is 0 Å². The van der Waals surface area contributed by atoms with Gasteiger partial charge in [0.25, 0.3) is 11.8 Å². The van der Waals surface area contributed by atoms with Crippen molar-refractivity contribution in [1.29, 1.82) is 0 Å². The molecule has 4 aromatic rings. The van der Waals surface area contributed by atoms with Crippen LogP contribution in [0.25, 0.3) is 10.2 Å². The Bertz CT molecular complexity index is 1330. The number of anilines is 3. The van der Waals surface area contributed by atoms with Gasteiger partial charge in [0.1, 0.15) is 0 Å². The first kappa shape index (κ1) is 19.2. The Balaban J connectivity index is 1.37. The molecule has 0 saturated carbocycles. The molecular weight excluding hydrogens is 436 g/mol. The summed E-state index contributed by atoms with van der Waals surface area (Å²) in [6, 6.07) is 18.2. The highest BCUT2D eigenvalue weighted by molar-refractivity contribution is 7.22. The van der Waals surface area contributed by atoms with Crippen molar-refractivity contribution in [3.63, 3.8) is 0 Å². The minimum atomic E-state index is -0.410. The van der Waals surface area contributed by atoms with E-state index in [2.05, 4.69) is 15.6 Å². The number of carbonyl (C=O) groups excluding carboxylic acids is 3. The molecule has 152 valence electrons. The van der Waals surface area contributed by atoms with Gasteiger partial charge in [-0.15, -0.1) is 0 Å². The fourth-order valence-electron chi connectivity index (χ4n) is 3.28. The van der Waals surface area contributed by atoms with Crippen LogP contribution in [0.15, 0.2) is 66.7 Å². The zero-order valence-corrected chi connectivity index (χ0v) is 17.3. The van der Waals surface area contributed by atoms with Gasteiger partial charge in [-0.1, -0.05) is 35.1 Å². The maximum Gasteiger partial charge on any atom is 0.323 e. The average molecular weight is 449 g/mol. The van der Waals surface area contributed by atoms with E-state index < -0.39 is 6.03 Å². The van der Waals surface area contributed by atoms with Crippen LogP contribution >= 0.6 is 22.9 Å². The Morgan fingerprint density at radius 1 is 0.871 bits per heavy atom. The predicted molar refractivity (Wildman–Crippen MR) is 121 cm³/mol. The Kier molecular flexibility index (Phi) is 4.65. The lowest BCUT2D eigenvalue weighted by atomic mass is 10.1. The molecule has 0 radical (unpaired) electrons. The van der Waals surface area contributed by atoms with Gasteiger partial charge < -0.3 is 10.6 Å². The minimum Gasteiger partial charge on any atom is -0.308 e. The van der Waals surface area contributed by atoms with Crippen LogP contribution in [0.3, 0.4) is 0 Å². The number of hydrogen-bond acceptors (Lipinski definition) is 5. The summed E-state index contributed by atoms with van der Waals surface area (Å²) >= 11 is 7.05. The Labute approximate surface area is 185 Å². The molecule has 0 spiro atoms. The molecule has 0 atom stereocenters. The van der Waals surface area contributed by atoms with Gasteiger partial charge in [-0.25, -0.2) is 14.7 Å². The lowest BCUT2D eigenvalue weighted by Gasteiger charge is -2.08. The molecule has 0 bridgehead atoms. The van der Waals surface area contributed by atoms with Gasteiger partial charge in [-0.2, -0.15) is 0 Å². The number of fused-ring (bicyclic) bond motifs is 2. The number of carbonyl (C=O) groups is 3. The Hall–Kier alpha value is -3.75. The molecule has 3 aromatic carbocycles. The van der Waals surface area contributed by atoms with Crippen LogP contribution in [0.2, 0.25) is 5.02 Å². The molecule has 0 fully saturated rings. The summed E-state index contributed by atoms with van der Waals surface area (Å²) in [4.78, 5) is 43.2. The molecule has 2 heterocycles. The lowest BCUT2D eigenvalue weighted by molar-refractivity contribution is 0.0926. The van der Waals surface area contributed by atoms with Gasteiger partial charge in [0.15, 0.2) is 0 Å². The Morgan fingerprint density at radius 2 is 1.48 bits per heavy atom. The standard InChI is InChI=1S/C22H13ClN4O3S/c23-12-5-7-13(8-6-12)24-21(30)25-14-9-10-17-18(11-14)31-22(26-17)27-19(28)15-3-1-2-4-16(15)20(27)29/h1-11H,(H2,24,25,30). The van der Waals surface area contributed by atoms with Crippen molar-refractivity contribution in [1.82, 2.24) is 4.98 Å². The molecule has 4 amide bonds. The third-order valence-electron chi connectivity index (χ3n) is 4.72. The maximum absolute atomic E-state index is 12.7. The number of imide groups is 1. The van der Waals surface area contributed by atoms with Crippen molar-refractivity contribution in [2.45, 2.75) is 0 Å². The maximum atomic E-state index is 12.7. The zero-order chi connectivity index (χ0) is 21.5. The summed E-state index contributed by atoms with van der Waals surface area (Å²) < 4.78 is 0.732. The number of urea groups is 1. The van der Waals surface area contributed by atoms with Crippen molar-refractivity contribution in [2.24, 2.45) is 0 Å². The molecular formula is C22H13ClN4O3S. The molecule has 0 aliphatic carbocycles. The van der Waals surface area contributed by atoms with Crippen molar-refractivity contribution in [2.75, 3.05) is 15.5 Å². The number of rotatable bonds is 3. The number of hydrogen-bond donors (Lipinski definition) is 2. The summed E-state index contributed by atoms with van der Waals surface area (Å²) in [6.07, 6.45) is 0. The fraction of sp³-hybridized carbons (Fsp3) is 0. The van der Waals surface area contributed by atoms with Crippen LogP contribution in [0.5, 0.6) is 0 Å². The summed E-state index contributed by atoms with van der Waals surface area (Å²) in [5.41, 5.74) is 2.52. The van der Waals surface area contributed by atoms with Crippen LogP contribution in [0.1, 0.15) is 20.7 Å². The third-order valence-corrected chi connectivity index (χ3v) is 5.98. The molecule has 7 nitrogen and oxygen atoms in total. The first-order valence-corrected chi connectivity index (χ1v) is 10.4. The van der Waals surface area contributed by atoms with Crippen molar-refractivity contribution < 1.29 is 14.4 Å². The monoisotopic (exact) mass is 448 g/mol. The van der Waals surface area contributed by atoms with Crippen LogP contribution in [-0.4, -0.2) is 22.8 Å². The summed E-state index contributed by atoms with van der Waals surface area (Å²) in [7, 11) is 0. The third kappa shape index (κ3) is 3.52. The molecule has 9 heteroatoms. The molecule has 0 saturated heterocycles. The van der Waals surface area contributed by atoms with E-state index in [0.717, 1.165) is 9.60 Å². The number of halogens is 1. The number of benzene rings is 3. The van der Waals surface area contributed by atoms with Gasteiger partial charge in [-0.3, -0.25) is 9.59 Å². The highest BCUT2D eigenvalue weighted by Gasteiger charge is 2.38. The smallest absolute Gasteiger partial charge is 0.308 e. The van der Waals surface area contributed by atoms with E-state index in [-0.39, 0.29) is 11.8 Å². The lowest BCUT2D eigenvalue weighted by Crippen LogP contribution is -2.29. The highest BCUT2D eigenvalue weighted by Crippen LogP contribution is 2.35. The first-order valence-electron chi connectivity index (χ1n) is 9.21. The second kappa shape index (κ2) is 7.50. The van der Waals surface area contributed by atoms with Gasteiger partial charge in [-0.05, 0) is 54.6 Å². The van der Waals surface area contributed by atoms with E-state index in [1.54, 1.807) is 66.7 Å². The first-order chi connectivity index (χ1) is 15.0. The van der Waals surface area contributed by atoms with E-state index in [4.69, 9.17) is 11.6 Å². The topological polar surface area (TPSA) is 91.4 Å². The quantitative estimate of drug-likeness (QED) is 0.411. The SMILES string of the molecule is O=C(Nc1ccc(Cl)cc1)Nc1ccc2nc(N3C(=O)c4ccccc4C3=O)sc2c1. The summed E-state index contributed by atoms with van der Waals surface area (Å²) in [5, 5.41) is 6.35. The molecule has 0 unspecified atom stereocenters. The molecule has 1 aromatic heterocycles. The average Bonchev–Trinajstić information content (AvgIpc) is 3.28. The molecule has 5 rings (SSSR count). The fourth-order valence-corrected chi connectivity index (χ4v) is 4.40. The van der Waals surface area contributed by atoms with E-state index >= 15 is 0 Å². The number of nitrogens with one attached hydrogen (secondary N) is 2. The van der Waals surface area contributed by atoms with E-state index in [0.29, 0.717) is 38.2 Å². The van der Waals surface area contributed by atoms with Crippen LogP contribution in [-0.2, 0) is 0 Å². The van der Waals surface area contributed by atoms with Crippen LogP contribution < -0.4 is 15.5 Å². The van der Waals surface area contributed by atoms with Crippen LogP contribution in [0, 0.1) is 0 Å². The molecule has 1 aliphatic heterocycles. The minimum absolute atomic E-state index is 0.295. The van der Waals surface area contributed by atoms with Crippen molar-refractivity contribution >= 4 is 67.5 Å². The molecule has 1 aliphatic rings. The van der Waals surface area contributed by atoms with Gasteiger partial charge in [0, 0.05) is 16.4 Å². The van der Waals surface area contributed by atoms with Crippen LogP contribution in [0.4, 0.5) is 21.3 Å². The molecule has 2 N–H and O–H groups in total. The highest BCUT2D eigenvalue weighted by atomic mass is 35.5. The second-order valence-electron chi connectivity index (χ2n) is 6.76. The zero-order valence-electron chi connectivity index (χ0n) is 15.8.